The molecule has 0 radical (unpaired) electrons. The molecule has 3 atom stereocenters. The molecule has 0 aliphatic heterocycles. The maximum Gasteiger partial charge on any atom is 0.310 e. The molecule has 0 spiro atoms. The van der Waals surface area contributed by atoms with Crippen molar-refractivity contribution in [3.8, 4) is 0 Å². The van der Waals surface area contributed by atoms with Gasteiger partial charge in [-0.3, -0.25) is 9.59 Å². The molecular formula is C20H27NO3. The van der Waals surface area contributed by atoms with Crippen LogP contribution in [-0.4, -0.2) is 18.0 Å². The Balaban J connectivity index is 2.10. The van der Waals surface area contributed by atoms with E-state index in [1.54, 1.807) is 0 Å². The first kappa shape index (κ1) is 18.2. The summed E-state index contributed by atoms with van der Waals surface area (Å²) in [4.78, 5) is 25.1. The number of esters is 1. The van der Waals surface area contributed by atoms with Crippen molar-refractivity contribution in [3.63, 3.8) is 0 Å². The zero-order valence-corrected chi connectivity index (χ0v) is 15.0. The third-order valence-corrected chi connectivity index (χ3v) is 4.60. The van der Waals surface area contributed by atoms with Gasteiger partial charge in [0.05, 0.1) is 17.9 Å². The highest BCUT2D eigenvalue weighted by atomic mass is 16.5. The van der Waals surface area contributed by atoms with Crippen molar-refractivity contribution in [2.75, 3.05) is 5.32 Å². The number of hydrogen-bond donors (Lipinski definition) is 1. The van der Waals surface area contributed by atoms with Crippen LogP contribution in [0.5, 0.6) is 0 Å². The van der Waals surface area contributed by atoms with Gasteiger partial charge in [-0.05, 0) is 51.7 Å². The highest BCUT2D eigenvalue weighted by molar-refractivity contribution is 5.96. The molecule has 3 unspecified atom stereocenters. The van der Waals surface area contributed by atoms with E-state index in [1.807, 2.05) is 58.0 Å². The van der Waals surface area contributed by atoms with E-state index in [1.165, 1.54) is 0 Å². The number of allylic oxidation sites excluding steroid dienone is 2. The minimum Gasteiger partial charge on any atom is -0.462 e. The lowest BCUT2D eigenvalue weighted by atomic mass is 9.82. The fourth-order valence-corrected chi connectivity index (χ4v) is 2.91. The zero-order chi connectivity index (χ0) is 17.7. The monoisotopic (exact) mass is 329 g/mol. The molecule has 0 aromatic heterocycles. The summed E-state index contributed by atoms with van der Waals surface area (Å²) in [6, 6.07) is 5.91. The number of carbonyl (C=O) groups is 2. The Morgan fingerprint density at radius 3 is 2.50 bits per heavy atom. The van der Waals surface area contributed by atoms with E-state index >= 15 is 0 Å². The Hall–Kier alpha value is -2.10. The fourth-order valence-electron chi connectivity index (χ4n) is 2.91. The Labute approximate surface area is 144 Å². The molecule has 4 heteroatoms. The maximum atomic E-state index is 12.7. The summed E-state index contributed by atoms with van der Waals surface area (Å²) in [6.45, 7) is 7.84. The third-order valence-electron chi connectivity index (χ3n) is 4.60. The van der Waals surface area contributed by atoms with Crippen molar-refractivity contribution >= 4 is 17.6 Å². The van der Waals surface area contributed by atoms with Crippen LogP contribution in [0.1, 0.15) is 44.2 Å². The highest BCUT2D eigenvalue weighted by Crippen LogP contribution is 2.29. The molecule has 0 saturated carbocycles. The van der Waals surface area contributed by atoms with E-state index in [4.69, 9.17) is 4.74 Å². The van der Waals surface area contributed by atoms with Gasteiger partial charge in [-0.25, -0.2) is 0 Å². The van der Waals surface area contributed by atoms with Crippen molar-refractivity contribution in [3.05, 3.63) is 41.5 Å². The predicted molar refractivity (Wildman–Crippen MR) is 95.7 cm³/mol. The maximum absolute atomic E-state index is 12.7. The van der Waals surface area contributed by atoms with Gasteiger partial charge in [0.15, 0.2) is 0 Å². The molecule has 1 aliphatic carbocycles. The minimum atomic E-state index is -0.408. The van der Waals surface area contributed by atoms with E-state index in [-0.39, 0.29) is 23.9 Å². The van der Waals surface area contributed by atoms with Crippen molar-refractivity contribution in [1.29, 1.82) is 0 Å². The van der Waals surface area contributed by atoms with Crippen molar-refractivity contribution in [2.24, 2.45) is 11.8 Å². The lowest BCUT2D eigenvalue weighted by molar-refractivity contribution is -0.157. The number of carbonyl (C=O) groups excluding carboxylic acids is 2. The molecule has 1 aliphatic rings. The van der Waals surface area contributed by atoms with Gasteiger partial charge < -0.3 is 10.1 Å². The van der Waals surface area contributed by atoms with Crippen LogP contribution in [0.15, 0.2) is 30.4 Å². The molecule has 2 rings (SSSR count). The summed E-state index contributed by atoms with van der Waals surface area (Å²) in [5.74, 6) is -1.17. The predicted octanol–water partition coefficient (Wildman–Crippen LogP) is 4.17. The second kappa shape index (κ2) is 8.13. The summed E-state index contributed by atoms with van der Waals surface area (Å²) in [5.41, 5.74) is 2.98. The number of benzene rings is 1. The highest BCUT2D eigenvalue weighted by Gasteiger charge is 2.35. The fraction of sp³-hybridized carbons (Fsp3) is 0.500. The van der Waals surface area contributed by atoms with Gasteiger partial charge in [0.1, 0.15) is 0 Å². The van der Waals surface area contributed by atoms with Gasteiger partial charge in [0, 0.05) is 5.69 Å². The molecule has 130 valence electrons. The Kier molecular flexibility index (Phi) is 6.18. The summed E-state index contributed by atoms with van der Waals surface area (Å²) in [7, 11) is 0. The third kappa shape index (κ3) is 4.47. The van der Waals surface area contributed by atoms with E-state index in [0.717, 1.165) is 23.2 Å². The van der Waals surface area contributed by atoms with Crippen LogP contribution in [-0.2, 0) is 14.3 Å². The summed E-state index contributed by atoms with van der Waals surface area (Å²) in [6.07, 6.45) is 5.71. The molecule has 1 aromatic rings. The molecule has 0 saturated heterocycles. The summed E-state index contributed by atoms with van der Waals surface area (Å²) >= 11 is 0. The smallest absolute Gasteiger partial charge is 0.310 e. The van der Waals surface area contributed by atoms with E-state index in [9.17, 15) is 9.59 Å². The molecule has 0 bridgehead atoms. The van der Waals surface area contributed by atoms with Crippen LogP contribution in [0.25, 0.3) is 0 Å². The molecule has 4 nitrogen and oxygen atoms in total. The topological polar surface area (TPSA) is 55.4 Å². The van der Waals surface area contributed by atoms with E-state index in [0.29, 0.717) is 12.8 Å². The molecule has 0 fully saturated rings. The SMILES string of the molecule is CCC(C)OC(=O)C1CC=CCC1C(=O)Nc1ccc(C)cc1C. The average Bonchev–Trinajstić information content (AvgIpc) is 2.57. The number of aryl methyl sites for hydroxylation is 2. The molecular weight excluding hydrogens is 302 g/mol. The molecule has 0 heterocycles. The first-order chi connectivity index (χ1) is 11.4. The average molecular weight is 329 g/mol. The second-order valence-electron chi connectivity index (χ2n) is 6.62. The van der Waals surface area contributed by atoms with Gasteiger partial charge in [0.2, 0.25) is 5.91 Å². The first-order valence-corrected chi connectivity index (χ1v) is 8.66. The minimum absolute atomic E-state index is 0.114. The second-order valence-corrected chi connectivity index (χ2v) is 6.62. The normalized spacial score (nSPS) is 21.2. The van der Waals surface area contributed by atoms with Gasteiger partial charge in [0.25, 0.3) is 0 Å². The van der Waals surface area contributed by atoms with E-state index in [2.05, 4.69) is 5.32 Å². The lowest BCUT2D eigenvalue weighted by Gasteiger charge is -2.27. The molecule has 1 amide bonds. The summed E-state index contributed by atoms with van der Waals surface area (Å²) < 4.78 is 5.46. The van der Waals surface area contributed by atoms with Gasteiger partial charge in [-0.1, -0.05) is 36.8 Å². The number of hydrogen-bond acceptors (Lipinski definition) is 3. The standard InChI is InChI=1S/C20H27NO3/c1-5-15(4)24-20(23)17-9-7-6-8-16(17)19(22)21-18-11-10-13(2)12-14(18)3/h6-7,10-12,15-17H,5,8-9H2,1-4H3,(H,21,22). The van der Waals surface area contributed by atoms with Crippen molar-refractivity contribution in [2.45, 2.75) is 53.1 Å². The Morgan fingerprint density at radius 1 is 1.21 bits per heavy atom. The van der Waals surface area contributed by atoms with E-state index < -0.39 is 5.92 Å². The number of anilines is 1. The molecule has 24 heavy (non-hydrogen) atoms. The van der Waals surface area contributed by atoms with Gasteiger partial charge in [-0.2, -0.15) is 0 Å². The van der Waals surface area contributed by atoms with Crippen molar-refractivity contribution < 1.29 is 14.3 Å². The first-order valence-electron chi connectivity index (χ1n) is 8.66. The van der Waals surface area contributed by atoms with Gasteiger partial charge in [-0.15, -0.1) is 0 Å². The number of amides is 1. The number of rotatable bonds is 5. The zero-order valence-electron chi connectivity index (χ0n) is 15.0. The molecule has 1 aromatic carbocycles. The van der Waals surface area contributed by atoms with Crippen molar-refractivity contribution in [1.82, 2.24) is 0 Å². The van der Waals surface area contributed by atoms with Crippen LogP contribution < -0.4 is 5.32 Å². The quantitative estimate of drug-likeness (QED) is 0.652. The van der Waals surface area contributed by atoms with Crippen LogP contribution in [0, 0.1) is 25.7 Å². The largest absolute Gasteiger partial charge is 0.462 e. The van der Waals surface area contributed by atoms with Crippen LogP contribution in [0.2, 0.25) is 0 Å². The van der Waals surface area contributed by atoms with Crippen LogP contribution in [0.4, 0.5) is 5.69 Å². The number of nitrogens with one attached hydrogen (secondary N) is 1. The molecule has 1 N–H and O–H groups in total. The Morgan fingerprint density at radius 2 is 1.88 bits per heavy atom. The van der Waals surface area contributed by atoms with Crippen LogP contribution >= 0.6 is 0 Å². The summed E-state index contributed by atoms with van der Waals surface area (Å²) in [5, 5.41) is 2.98. The van der Waals surface area contributed by atoms with Gasteiger partial charge >= 0.3 is 5.97 Å². The van der Waals surface area contributed by atoms with Crippen LogP contribution in [0.3, 0.4) is 0 Å². The lowest BCUT2D eigenvalue weighted by Crippen LogP contribution is -2.36. The number of ether oxygens (including phenoxy) is 1. The Bertz CT molecular complexity index is 636.